The van der Waals surface area contributed by atoms with Gasteiger partial charge in [0.25, 0.3) is 0 Å². The molecule has 0 unspecified atom stereocenters. The molecule has 0 saturated heterocycles. The van der Waals surface area contributed by atoms with Crippen molar-refractivity contribution in [3.8, 4) is 0 Å². The molecule has 6 N–H and O–H groups in total. The van der Waals surface area contributed by atoms with Crippen molar-refractivity contribution in [1.29, 1.82) is 0 Å². The minimum atomic E-state index is -1.07. The number of nitrogens with zero attached hydrogens (tertiary/aromatic N) is 2. The molecule has 0 aromatic heterocycles. The number of guanidine groups is 1. The van der Waals surface area contributed by atoms with E-state index in [-0.39, 0.29) is 18.9 Å². The molecule has 0 aromatic rings. The van der Waals surface area contributed by atoms with Crippen LogP contribution in [0.3, 0.4) is 0 Å². The number of hydrogen-bond donors (Lipinski definition) is 4. The zero-order chi connectivity index (χ0) is 13.4. The molecule has 0 saturated carbocycles. The molecule has 0 aliphatic carbocycles. The van der Waals surface area contributed by atoms with Gasteiger partial charge in [0, 0.05) is 6.54 Å². The van der Waals surface area contributed by atoms with E-state index < -0.39 is 18.0 Å². The van der Waals surface area contributed by atoms with E-state index in [4.69, 9.17) is 21.7 Å². The molecule has 1 atom stereocenters. The molecular weight excluding hydrogens is 228 g/mol. The Labute approximate surface area is 98.9 Å². The van der Waals surface area contributed by atoms with Crippen molar-refractivity contribution in [2.45, 2.75) is 18.9 Å². The number of carboxylic acids is 2. The summed E-state index contributed by atoms with van der Waals surface area (Å²) in [6.07, 6.45) is 0.759. The van der Waals surface area contributed by atoms with Crippen LogP contribution in [0.5, 0.6) is 0 Å². The predicted octanol–water partition coefficient (Wildman–Crippen LogP) is -1.49. The molecular formula is C9H18N4O4. The lowest BCUT2D eigenvalue weighted by Gasteiger charge is -2.22. The first-order chi connectivity index (χ1) is 7.84. The molecule has 0 radical (unpaired) electrons. The summed E-state index contributed by atoms with van der Waals surface area (Å²) in [7, 11) is 1.45. The van der Waals surface area contributed by atoms with Gasteiger partial charge in [-0.05, 0) is 19.9 Å². The van der Waals surface area contributed by atoms with Gasteiger partial charge in [-0.1, -0.05) is 0 Å². The van der Waals surface area contributed by atoms with Crippen molar-refractivity contribution in [3.05, 3.63) is 0 Å². The summed E-state index contributed by atoms with van der Waals surface area (Å²) in [6.45, 7) is 0.00624. The standard InChI is InChI=1S/C9H18N4O4/c1-13(5-7(14)15)6(8(16)17)3-2-4-12-9(10)11/h6H,2-5H2,1H3,(H,14,15)(H,16,17)(H4,10,11,12)/t6-/m0/s1. The fourth-order valence-electron chi connectivity index (χ4n) is 1.35. The van der Waals surface area contributed by atoms with E-state index >= 15 is 0 Å². The van der Waals surface area contributed by atoms with Gasteiger partial charge < -0.3 is 21.7 Å². The Morgan fingerprint density at radius 1 is 1.35 bits per heavy atom. The number of carbonyl (C=O) groups is 2. The highest BCUT2D eigenvalue weighted by Crippen LogP contribution is 2.05. The number of likely N-dealkylation sites (N-methyl/N-ethyl adjacent to an activating group) is 1. The summed E-state index contributed by atoms with van der Waals surface area (Å²) in [5.74, 6) is -2.17. The average Bonchev–Trinajstić information content (AvgIpc) is 2.14. The zero-order valence-electron chi connectivity index (χ0n) is 9.67. The minimum Gasteiger partial charge on any atom is -0.480 e. The summed E-state index contributed by atoms with van der Waals surface area (Å²) in [5, 5.41) is 17.5. The van der Waals surface area contributed by atoms with E-state index in [1.807, 2.05) is 0 Å². The van der Waals surface area contributed by atoms with Gasteiger partial charge in [0.15, 0.2) is 5.96 Å². The Balaban J connectivity index is 4.20. The number of rotatable bonds is 8. The summed E-state index contributed by atoms with van der Waals surface area (Å²) in [5.41, 5.74) is 10.2. The van der Waals surface area contributed by atoms with Gasteiger partial charge in [-0.2, -0.15) is 0 Å². The smallest absolute Gasteiger partial charge is 0.320 e. The van der Waals surface area contributed by atoms with Crippen LogP contribution in [-0.2, 0) is 9.59 Å². The van der Waals surface area contributed by atoms with E-state index in [2.05, 4.69) is 4.99 Å². The van der Waals surface area contributed by atoms with Crippen LogP contribution < -0.4 is 11.5 Å². The Morgan fingerprint density at radius 2 is 1.94 bits per heavy atom. The van der Waals surface area contributed by atoms with Crippen molar-refractivity contribution in [2.24, 2.45) is 16.5 Å². The molecule has 0 aromatic carbocycles. The molecule has 0 rings (SSSR count). The van der Waals surface area contributed by atoms with Gasteiger partial charge in [-0.15, -0.1) is 0 Å². The number of aliphatic imine (C=N–C) groups is 1. The summed E-state index contributed by atoms with van der Waals surface area (Å²) in [4.78, 5) is 26.4. The molecule has 0 heterocycles. The zero-order valence-corrected chi connectivity index (χ0v) is 9.67. The van der Waals surface area contributed by atoms with Crippen molar-refractivity contribution in [1.82, 2.24) is 4.90 Å². The second-order valence-corrected chi connectivity index (χ2v) is 3.61. The topological polar surface area (TPSA) is 142 Å². The van der Waals surface area contributed by atoms with Crippen molar-refractivity contribution < 1.29 is 19.8 Å². The van der Waals surface area contributed by atoms with Crippen LogP contribution in [0, 0.1) is 0 Å². The molecule has 0 bridgehead atoms. The van der Waals surface area contributed by atoms with Gasteiger partial charge in [0.2, 0.25) is 0 Å². The molecule has 8 nitrogen and oxygen atoms in total. The molecule has 0 amide bonds. The van der Waals surface area contributed by atoms with Crippen LogP contribution >= 0.6 is 0 Å². The Morgan fingerprint density at radius 3 is 2.35 bits per heavy atom. The average molecular weight is 246 g/mol. The van der Waals surface area contributed by atoms with Crippen LogP contribution in [0.4, 0.5) is 0 Å². The van der Waals surface area contributed by atoms with Gasteiger partial charge in [-0.3, -0.25) is 19.5 Å². The Hall–Kier alpha value is -1.83. The molecule has 0 aliphatic heterocycles. The van der Waals surface area contributed by atoms with E-state index in [1.54, 1.807) is 0 Å². The van der Waals surface area contributed by atoms with Crippen molar-refractivity contribution >= 4 is 17.9 Å². The monoisotopic (exact) mass is 246 g/mol. The largest absolute Gasteiger partial charge is 0.480 e. The second kappa shape index (κ2) is 7.44. The third-order valence-corrected chi connectivity index (χ3v) is 2.13. The summed E-state index contributed by atoms with van der Waals surface area (Å²) >= 11 is 0. The SMILES string of the molecule is CN(CC(=O)O)[C@@H](CCCN=C(N)N)C(=O)O. The molecule has 8 heteroatoms. The predicted molar refractivity (Wildman–Crippen MR) is 61.6 cm³/mol. The summed E-state index contributed by atoms with van der Waals surface area (Å²) in [6, 6.07) is -0.847. The minimum absolute atomic E-state index is 0.0456. The van der Waals surface area contributed by atoms with E-state index in [9.17, 15) is 9.59 Å². The van der Waals surface area contributed by atoms with Gasteiger partial charge >= 0.3 is 11.9 Å². The third kappa shape index (κ3) is 7.12. The van der Waals surface area contributed by atoms with E-state index in [0.717, 1.165) is 0 Å². The maximum Gasteiger partial charge on any atom is 0.320 e. The maximum atomic E-state index is 10.9. The number of hydrogen-bond acceptors (Lipinski definition) is 4. The van der Waals surface area contributed by atoms with E-state index in [0.29, 0.717) is 13.0 Å². The molecule has 0 fully saturated rings. The van der Waals surface area contributed by atoms with Crippen LogP contribution in [0.25, 0.3) is 0 Å². The number of nitrogens with two attached hydrogens (primary N) is 2. The number of aliphatic carboxylic acids is 2. The summed E-state index contributed by atoms with van der Waals surface area (Å²) < 4.78 is 0. The van der Waals surface area contributed by atoms with Gasteiger partial charge in [-0.25, -0.2) is 0 Å². The van der Waals surface area contributed by atoms with Crippen molar-refractivity contribution in [2.75, 3.05) is 20.1 Å². The lowest BCUT2D eigenvalue weighted by molar-refractivity contribution is -0.145. The van der Waals surface area contributed by atoms with Crippen LogP contribution in [0.2, 0.25) is 0 Å². The first kappa shape index (κ1) is 15.2. The fraction of sp³-hybridized carbons (Fsp3) is 0.667. The first-order valence-corrected chi connectivity index (χ1v) is 5.04. The normalized spacial score (nSPS) is 12.1. The third-order valence-electron chi connectivity index (χ3n) is 2.13. The highest BCUT2D eigenvalue weighted by Gasteiger charge is 2.23. The van der Waals surface area contributed by atoms with Gasteiger partial charge in [0.05, 0.1) is 6.54 Å². The Kier molecular flexibility index (Phi) is 6.64. The Bertz CT molecular complexity index is 301. The lowest BCUT2D eigenvalue weighted by atomic mass is 10.1. The molecule has 0 aliphatic rings. The van der Waals surface area contributed by atoms with Crippen LogP contribution in [0.1, 0.15) is 12.8 Å². The number of carboxylic acid groups (broad SMARTS) is 2. The highest BCUT2D eigenvalue weighted by molar-refractivity contribution is 5.76. The molecule has 17 heavy (non-hydrogen) atoms. The van der Waals surface area contributed by atoms with Crippen LogP contribution in [0.15, 0.2) is 4.99 Å². The van der Waals surface area contributed by atoms with Crippen molar-refractivity contribution in [3.63, 3.8) is 0 Å². The highest BCUT2D eigenvalue weighted by atomic mass is 16.4. The second-order valence-electron chi connectivity index (χ2n) is 3.61. The molecule has 0 spiro atoms. The molecule has 98 valence electrons. The fourth-order valence-corrected chi connectivity index (χ4v) is 1.35. The van der Waals surface area contributed by atoms with Gasteiger partial charge in [0.1, 0.15) is 6.04 Å². The van der Waals surface area contributed by atoms with Crippen LogP contribution in [-0.4, -0.2) is 59.2 Å². The first-order valence-electron chi connectivity index (χ1n) is 5.04. The maximum absolute atomic E-state index is 10.9. The lowest BCUT2D eigenvalue weighted by Crippen LogP contribution is -2.41. The quantitative estimate of drug-likeness (QED) is 0.232. The van der Waals surface area contributed by atoms with E-state index in [1.165, 1.54) is 11.9 Å².